The molecule has 4 heteroatoms. The molecule has 1 saturated heterocycles. The van der Waals surface area contributed by atoms with Gasteiger partial charge < -0.3 is 5.32 Å². The van der Waals surface area contributed by atoms with E-state index in [0.29, 0.717) is 6.54 Å². The smallest absolute Gasteiger partial charge is 0.248 e. The average molecular weight is 185 g/mol. The van der Waals surface area contributed by atoms with Gasteiger partial charge in [-0.1, -0.05) is 13.3 Å². The first kappa shape index (κ1) is 10.5. The molecule has 0 unspecified atom stereocenters. The van der Waals surface area contributed by atoms with Gasteiger partial charge >= 0.3 is 0 Å². The van der Waals surface area contributed by atoms with Gasteiger partial charge in [-0.2, -0.15) is 0 Å². The summed E-state index contributed by atoms with van der Waals surface area (Å²) in [5.74, 6) is 0.0729. The summed E-state index contributed by atoms with van der Waals surface area (Å²) in [6, 6.07) is 0. The first-order valence-electron chi connectivity index (χ1n) is 5.08. The van der Waals surface area contributed by atoms with Crippen LogP contribution in [0.25, 0.3) is 0 Å². The molecule has 0 aliphatic carbocycles. The molecule has 0 radical (unpaired) electrons. The third-order valence-corrected chi connectivity index (χ3v) is 2.17. The standard InChI is InChI=1S/C9H19N3O/c1-2-10-8-9(13)11-12-6-4-3-5-7-12/h10H,2-8H2,1H3,(H,11,13). The Morgan fingerprint density at radius 1 is 1.31 bits per heavy atom. The van der Waals surface area contributed by atoms with Crippen molar-refractivity contribution in [3.63, 3.8) is 0 Å². The zero-order chi connectivity index (χ0) is 9.52. The molecule has 0 atom stereocenters. The summed E-state index contributed by atoms with van der Waals surface area (Å²) in [7, 11) is 0. The fourth-order valence-corrected chi connectivity index (χ4v) is 1.46. The second-order valence-electron chi connectivity index (χ2n) is 3.36. The lowest BCUT2D eigenvalue weighted by molar-refractivity contribution is -0.125. The molecule has 0 saturated carbocycles. The van der Waals surface area contributed by atoms with Gasteiger partial charge in [0.2, 0.25) is 5.91 Å². The number of rotatable bonds is 4. The van der Waals surface area contributed by atoms with Gasteiger partial charge in [0.05, 0.1) is 6.54 Å². The number of nitrogens with zero attached hydrogens (tertiary/aromatic N) is 1. The maximum atomic E-state index is 11.3. The third kappa shape index (κ3) is 4.24. The van der Waals surface area contributed by atoms with E-state index in [2.05, 4.69) is 10.7 Å². The minimum absolute atomic E-state index is 0.0729. The molecule has 0 aromatic heterocycles. The van der Waals surface area contributed by atoms with E-state index in [1.54, 1.807) is 0 Å². The molecule has 1 aliphatic rings. The van der Waals surface area contributed by atoms with E-state index in [9.17, 15) is 4.79 Å². The van der Waals surface area contributed by atoms with E-state index < -0.39 is 0 Å². The Morgan fingerprint density at radius 2 is 2.00 bits per heavy atom. The normalized spacial score (nSPS) is 18.5. The van der Waals surface area contributed by atoms with Gasteiger partial charge in [-0.05, 0) is 19.4 Å². The Hall–Kier alpha value is -0.610. The van der Waals surface area contributed by atoms with Crippen LogP contribution in [0, 0.1) is 0 Å². The van der Waals surface area contributed by atoms with Crippen LogP contribution in [0.4, 0.5) is 0 Å². The van der Waals surface area contributed by atoms with Gasteiger partial charge in [0.1, 0.15) is 0 Å². The molecular weight excluding hydrogens is 166 g/mol. The molecule has 1 rings (SSSR count). The summed E-state index contributed by atoms with van der Waals surface area (Å²) in [5, 5.41) is 5.02. The fraction of sp³-hybridized carbons (Fsp3) is 0.889. The number of hydrogen-bond acceptors (Lipinski definition) is 3. The number of piperidine rings is 1. The topological polar surface area (TPSA) is 44.4 Å². The van der Waals surface area contributed by atoms with Crippen LogP contribution in [0.15, 0.2) is 0 Å². The van der Waals surface area contributed by atoms with Crippen LogP contribution >= 0.6 is 0 Å². The molecular formula is C9H19N3O. The zero-order valence-electron chi connectivity index (χ0n) is 8.31. The SMILES string of the molecule is CCNCC(=O)NN1CCCCC1. The van der Waals surface area contributed by atoms with Crippen LogP contribution in [-0.2, 0) is 4.79 Å². The summed E-state index contributed by atoms with van der Waals surface area (Å²) in [6.07, 6.45) is 3.68. The van der Waals surface area contributed by atoms with Crippen molar-refractivity contribution < 1.29 is 4.79 Å². The van der Waals surface area contributed by atoms with Crippen LogP contribution in [0.5, 0.6) is 0 Å². The first-order valence-corrected chi connectivity index (χ1v) is 5.08. The molecule has 0 aromatic carbocycles. The predicted molar refractivity (Wildman–Crippen MR) is 52.1 cm³/mol. The van der Waals surface area contributed by atoms with Crippen molar-refractivity contribution in [1.29, 1.82) is 0 Å². The minimum Gasteiger partial charge on any atom is -0.309 e. The number of carbonyl (C=O) groups excluding carboxylic acids is 1. The summed E-state index contributed by atoms with van der Waals surface area (Å²) < 4.78 is 0. The molecule has 0 bridgehead atoms. The van der Waals surface area contributed by atoms with Gasteiger partial charge in [-0.15, -0.1) is 0 Å². The number of nitrogens with one attached hydrogen (secondary N) is 2. The van der Waals surface area contributed by atoms with Crippen molar-refractivity contribution in [3.05, 3.63) is 0 Å². The number of amides is 1. The van der Waals surface area contributed by atoms with Crippen LogP contribution in [0.1, 0.15) is 26.2 Å². The summed E-state index contributed by atoms with van der Waals surface area (Å²) in [4.78, 5) is 11.3. The first-order chi connectivity index (χ1) is 6.33. The zero-order valence-corrected chi connectivity index (χ0v) is 8.31. The molecule has 1 heterocycles. The Balaban J connectivity index is 2.11. The maximum Gasteiger partial charge on any atom is 0.248 e. The lowest BCUT2D eigenvalue weighted by Crippen LogP contribution is -2.47. The Kier molecular flexibility index (Phi) is 4.78. The summed E-state index contributed by atoms with van der Waals surface area (Å²) in [6.45, 7) is 5.25. The fourth-order valence-electron chi connectivity index (χ4n) is 1.46. The molecule has 1 fully saturated rings. The Labute approximate surface area is 79.6 Å². The number of hydrazine groups is 1. The molecule has 76 valence electrons. The van der Waals surface area contributed by atoms with Crippen molar-refractivity contribution >= 4 is 5.91 Å². The molecule has 0 spiro atoms. The predicted octanol–water partition coefficient (Wildman–Crippen LogP) is 0.113. The van der Waals surface area contributed by atoms with Gasteiger partial charge in [0.25, 0.3) is 0 Å². The van der Waals surface area contributed by atoms with E-state index in [1.807, 2.05) is 11.9 Å². The van der Waals surface area contributed by atoms with Crippen molar-refractivity contribution in [2.75, 3.05) is 26.2 Å². The van der Waals surface area contributed by atoms with E-state index in [4.69, 9.17) is 0 Å². The number of carbonyl (C=O) groups is 1. The van der Waals surface area contributed by atoms with Crippen LogP contribution in [-0.4, -0.2) is 37.1 Å². The maximum absolute atomic E-state index is 11.3. The van der Waals surface area contributed by atoms with Crippen LogP contribution in [0.3, 0.4) is 0 Å². The molecule has 1 amide bonds. The summed E-state index contributed by atoms with van der Waals surface area (Å²) in [5.41, 5.74) is 2.89. The van der Waals surface area contributed by atoms with Crippen molar-refractivity contribution in [2.24, 2.45) is 0 Å². The van der Waals surface area contributed by atoms with Crippen molar-refractivity contribution in [1.82, 2.24) is 15.8 Å². The lowest BCUT2D eigenvalue weighted by atomic mass is 10.2. The quantitative estimate of drug-likeness (QED) is 0.653. The minimum atomic E-state index is 0.0729. The average Bonchev–Trinajstić information content (AvgIpc) is 2.16. The van der Waals surface area contributed by atoms with E-state index in [0.717, 1.165) is 19.6 Å². The van der Waals surface area contributed by atoms with Gasteiger partial charge in [0.15, 0.2) is 0 Å². The number of hydrogen-bond donors (Lipinski definition) is 2. The highest BCUT2D eigenvalue weighted by Crippen LogP contribution is 2.05. The highest BCUT2D eigenvalue weighted by molar-refractivity contribution is 5.77. The Bertz CT molecular complexity index is 155. The van der Waals surface area contributed by atoms with E-state index in [1.165, 1.54) is 19.3 Å². The van der Waals surface area contributed by atoms with Gasteiger partial charge in [-0.3, -0.25) is 10.2 Å². The highest BCUT2D eigenvalue weighted by atomic mass is 16.2. The van der Waals surface area contributed by atoms with Crippen LogP contribution < -0.4 is 10.7 Å². The van der Waals surface area contributed by atoms with E-state index >= 15 is 0 Å². The molecule has 0 aromatic rings. The van der Waals surface area contributed by atoms with E-state index in [-0.39, 0.29) is 5.91 Å². The lowest BCUT2D eigenvalue weighted by Gasteiger charge is -2.26. The highest BCUT2D eigenvalue weighted by Gasteiger charge is 2.11. The summed E-state index contributed by atoms with van der Waals surface area (Å²) >= 11 is 0. The molecule has 13 heavy (non-hydrogen) atoms. The van der Waals surface area contributed by atoms with Gasteiger partial charge in [-0.25, -0.2) is 5.01 Å². The monoisotopic (exact) mass is 185 g/mol. The largest absolute Gasteiger partial charge is 0.309 e. The van der Waals surface area contributed by atoms with Gasteiger partial charge in [0, 0.05) is 13.1 Å². The van der Waals surface area contributed by atoms with Crippen molar-refractivity contribution in [2.45, 2.75) is 26.2 Å². The molecule has 4 nitrogen and oxygen atoms in total. The Morgan fingerprint density at radius 3 is 2.62 bits per heavy atom. The van der Waals surface area contributed by atoms with Crippen LogP contribution in [0.2, 0.25) is 0 Å². The molecule has 1 aliphatic heterocycles. The molecule has 2 N–H and O–H groups in total. The number of likely N-dealkylation sites (N-methyl/N-ethyl adjacent to an activating group) is 1. The third-order valence-electron chi connectivity index (χ3n) is 2.17. The second-order valence-corrected chi connectivity index (χ2v) is 3.36. The second kappa shape index (κ2) is 5.94. The van der Waals surface area contributed by atoms with Crippen molar-refractivity contribution in [3.8, 4) is 0 Å².